The van der Waals surface area contributed by atoms with Gasteiger partial charge in [-0.05, 0) is 24.1 Å². The van der Waals surface area contributed by atoms with Crippen molar-refractivity contribution in [3.05, 3.63) is 69.5 Å². The molecule has 100 valence electrons. The molecule has 0 fully saturated rings. The number of halogens is 3. The quantitative estimate of drug-likeness (QED) is 0.664. The largest absolute Gasteiger partial charge is 0.271 e. The second-order valence-electron chi connectivity index (χ2n) is 4.16. The molecule has 0 aliphatic heterocycles. The van der Waals surface area contributed by atoms with Crippen LogP contribution in [0.2, 0.25) is 10.0 Å². The van der Waals surface area contributed by atoms with Crippen molar-refractivity contribution in [1.29, 1.82) is 0 Å². The average molecular weight is 299 g/mol. The fraction of sp³-hybridized carbons (Fsp3) is 0.143. The molecule has 19 heavy (non-hydrogen) atoms. The number of hydrazine groups is 1. The summed E-state index contributed by atoms with van der Waals surface area (Å²) in [6.45, 7) is 0. The van der Waals surface area contributed by atoms with Crippen LogP contribution in [0, 0.1) is 5.82 Å². The Kier molecular flexibility index (Phi) is 4.77. The van der Waals surface area contributed by atoms with Crippen molar-refractivity contribution in [2.24, 2.45) is 5.84 Å². The van der Waals surface area contributed by atoms with Crippen LogP contribution in [0.15, 0.2) is 42.5 Å². The molecule has 0 amide bonds. The van der Waals surface area contributed by atoms with E-state index < -0.39 is 0 Å². The molecule has 3 N–H and O–H groups in total. The molecule has 0 saturated heterocycles. The Morgan fingerprint density at radius 2 is 1.84 bits per heavy atom. The third-order valence-corrected chi connectivity index (χ3v) is 3.80. The van der Waals surface area contributed by atoms with E-state index in [1.807, 2.05) is 6.07 Å². The Bertz CT molecular complexity index is 575. The van der Waals surface area contributed by atoms with Gasteiger partial charge < -0.3 is 0 Å². The highest BCUT2D eigenvalue weighted by molar-refractivity contribution is 6.42. The number of benzene rings is 2. The predicted octanol–water partition coefficient (Wildman–Crippen LogP) is 3.88. The molecule has 1 unspecified atom stereocenters. The molecule has 0 saturated carbocycles. The number of rotatable bonds is 4. The average Bonchev–Trinajstić information content (AvgIpc) is 2.41. The SMILES string of the molecule is NNC(Cc1cccc(Cl)c1Cl)c1ccccc1F. The van der Waals surface area contributed by atoms with Gasteiger partial charge in [-0.3, -0.25) is 11.3 Å². The summed E-state index contributed by atoms with van der Waals surface area (Å²) >= 11 is 12.1. The van der Waals surface area contributed by atoms with Crippen molar-refractivity contribution in [3.8, 4) is 0 Å². The summed E-state index contributed by atoms with van der Waals surface area (Å²) in [5.41, 5.74) is 3.93. The summed E-state index contributed by atoms with van der Waals surface area (Å²) in [4.78, 5) is 0. The summed E-state index contributed by atoms with van der Waals surface area (Å²) in [6, 6.07) is 11.5. The van der Waals surface area contributed by atoms with Crippen molar-refractivity contribution in [3.63, 3.8) is 0 Å². The Morgan fingerprint density at radius 1 is 1.11 bits per heavy atom. The first kappa shape index (κ1) is 14.3. The molecule has 5 heteroatoms. The predicted molar refractivity (Wildman–Crippen MR) is 76.6 cm³/mol. The molecule has 0 aromatic heterocycles. The lowest BCUT2D eigenvalue weighted by atomic mass is 9.99. The number of hydrogen-bond donors (Lipinski definition) is 2. The van der Waals surface area contributed by atoms with Crippen molar-refractivity contribution in [2.75, 3.05) is 0 Å². The minimum absolute atomic E-state index is 0.302. The van der Waals surface area contributed by atoms with Crippen molar-refractivity contribution >= 4 is 23.2 Å². The Morgan fingerprint density at radius 3 is 2.53 bits per heavy atom. The fourth-order valence-corrected chi connectivity index (χ4v) is 2.34. The van der Waals surface area contributed by atoms with E-state index in [1.54, 1.807) is 30.3 Å². The van der Waals surface area contributed by atoms with Crippen molar-refractivity contribution in [1.82, 2.24) is 5.43 Å². The third-order valence-electron chi connectivity index (χ3n) is 2.94. The minimum Gasteiger partial charge on any atom is -0.271 e. The smallest absolute Gasteiger partial charge is 0.128 e. The van der Waals surface area contributed by atoms with Crippen LogP contribution in [0.1, 0.15) is 17.2 Å². The lowest BCUT2D eigenvalue weighted by Crippen LogP contribution is -2.30. The molecular weight excluding hydrogens is 286 g/mol. The topological polar surface area (TPSA) is 38.0 Å². The Balaban J connectivity index is 2.30. The van der Waals surface area contributed by atoms with E-state index in [0.29, 0.717) is 22.0 Å². The Hall–Kier alpha value is -1.13. The van der Waals surface area contributed by atoms with E-state index in [-0.39, 0.29) is 11.9 Å². The zero-order chi connectivity index (χ0) is 13.8. The number of hydrogen-bond acceptors (Lipinski definition) is 2. The first-order valence-corrected chi connectivity index (χ1v) is 6.52. The molecule has 0 aliphatic rings. The second kappa shape index (κ2) is 6.35. The van der Waals surface area contributed by atoms with Gasteiger partial charge >= 0.3 is 0 Å². The maximum atomic E-state index is 13.8. The second-order valence-corrected chi connectivity index (χ2v) is 4.94. The summed E-state index contributed by atoms with van der Waals surface area (Å²) in [5.74, 6) is 5.21. The maximum Gasteiger partial charge on any atom is 0.128 e. The van der Waals surface area contributed by atoms with Gasteiger partial charge in [-0.1, -0.05) is 53.5 Å². The summed E-state index contributed by atoms with van der Waals surface area (Å²) in [5, 5.41) is 0.948. The Labute approximate surface area is 121 Å². The fourth-order valence-electron chi connectivity index (χ4n) is 1.94. The van der Waals surface area contributed by atoms with E-state index in [1.165, 1.54) is 6.07 Å². The molecule has 0 aliphatic carbocycles. The van der Waals surface area contributed by atoms with Gasteiger partial charge in [-0.25, -0.2) is 4.39 Å². The van der Waals surface area contributed by atoms with Gasteiger partial charge in [0.1, 0.15) is 5.82 Å². The minimum atomic E-state index is -0.364. The first-order valence-electron chi connectivity index (χ1n) is 5.77. The molecule has 2 aromatic rings. The van der Waals surface area contributed by atoms with E-state index in [0.717, 1.165) is 5.56 Å². The van der Waals surface area contributed by atoms with Crippen LogP contribution in [-0.4, -0.2) is 0 Å². The zero-order valence-electron chi connectivity index (χ0n) is 10.0. The monoisotopic (exact) mass is 298 g/mol. The van der Waals surface area contributed by atoms with Gasteiger partial charge in [0.2, 0.25) is 0 Å². The maximum absolute atomic E-state index is 13.8. The van der Waals surface area contributed by atoms with Crippen molar-refractivity contribution in [2.45, 2.75) is 12.5 Å². The van der Waals surface area contributed by atoms with Crippen molar-refractivity contribution < 1.29 is 4.39 Å². The molecule has 0 spiro atoms. The van der Waals surface area contributed by atoms with Gasteiger partial charge in [0.05, 0.1) is 16.1 Å². The summed E-state index contributed by atoms with van der Waals surface area (Å²) in [7, 11) is 0. The van der Waals surface area contributed by atoms with E-state index in [2.05, 4.69) is 5.43 Å². The zero-order valence-corrected chi connectivity index (χ0v) is 11.5. The molecule has 2 rings (SSSR count). The van der Waals surface area contributed by atoms with Crippen LogP contribution < -0.4 is 11.3 Å². The van der Waals surface area contributed by atoms with Gasteiger partial charge in [0, 0.05) is 5.56 Å². The van der Waals surface area contributed by atoms with Gasteiger partial charge in [-0.2, -0.15) is 0 Å². The number of nitrogens with two attached hydrogens (primary N) is 1. The molecule has 0 bridgehead atoms. The normalized spacial score (nSPS) is 12.4. The summed E-state index contributed by atoms with van der Waals surface area (Å²) < 4.78 is 13.8. The highest BCUT2D eigenvalue weighted by Crippen LogP contribution is 2.29. The third kappa shape index (κ3) is 3.25. The molecule has 2 nitrogen and oxygen atoms in total. The lowest BCUT2D eigenvalue weighted by molar-refractivity contribution is 0.510. The lowest BCUT2D eigenvalue weighted by Gasteiger charge is -2.18. The molecule has 2 aromatic carbocycles. The highest BCUT2D eigenvalue weighted by Gasteiger charge is 2.16. The number of nitrogens with one attached hydrogen (secondary N) is 1. The molecule has 1 atom stereocenters. The van der Waals surface area contributed by atoms with E-state index >= 15 is 0 Å². The van der Waals surface area contributed by atoms with Crippen LogP contribution in [0.3, 0.4) is 0 Å². The standard InChI is InChI=1S/C14H13Cl2FN2/c15-11-6-3-4-9(14(11)16)8-13(19-18)10-5-1-2-7-12(10)17/h1-7,13,19H,8,18H2. The molecule has 0 heterocycles. The van der Waals surface area contributed by atoms with Crippen LogP contribution in [0.25, 0.3) is 0 Å². The van der Waals surface area contributed by atoms with E-state index in [4.69, 9.17) is 29.0 Å². The van der Waals surface area contributed by atoms with Gasteiger partial charge in [0.25, 0.3) is 0 Å². The summed E-state index contributed by atoms with van der Waals surface area (Å²) in [6.07, 6.45) is 0.455. The molecular formula is C14H13Cl2FN2. The van der Waals surface area contributed by atoms with E-state index in [9.17, 15) is 4.39 Å². The van der Waals surface area contributed by atoms with Crippen LogP contribution in [-0.2, 0) is 6.42 Å². The van der Waals surface area contributed by atoms with Crippen LogP contribution in [0.5, 0.6) is 0 Å². The molecule has 0 radical (unpaired) electrons. The van der Waals surface area contributed by atoms with Gasteiger partial charge in [0.15, 0.2) is 0 Å². The van der Waals surface area contributed by atoms with Crippen LogP contribution >= 0.6 is 23.2 Å². The first-order chi connectivity index (χ1) is 9.13. The highest BCUT2D eigenvalue weighted by atomic mass is 35.5. The van der Waals surface area contributed by atoms with Gasteiger partial charge in [-0.15, -0.1) is 0 Å². The van der Waals surface area contributed by atoms with Crippen LogP contribution in [0.4, 0.5) is 4.39 Å².